The van der Waals surface area contributed by atoms with Gasteiger partial charge in [0.25, 0.3) is 0 Å². The molecule has 0 aromatic carbocycles. The van der Waals surface area contributed by atoms with Crippen LogP contribution in [0.4, 0.5) is 0 Å². The molecule has 3 N–H and O–H groups in total. The molecule has 1 saturated heterocycles. The van der Waals surface area contributed by atoms with Gasteiger partial charge < -0.3 is 19.6 Å². The Labute approximate surface area is 109 Å². The minimum absolute atomic E-state index is 0.0299. The Morgan fingerprint density at radius 3 is 2.89 bits per heavy atom. The Morgan fingerprint density at radius 2 is 2.26 bits per heavy atom. The molecule has 19 heavy (non-hydrogen) atoms. The van der Waals surface area contributed by atoms with Gasteiger partial charge >= 0.3 is 11.7 Å². The fraction of sp³-hybridized carbons (Fsp3) is 0.636. The number of aromatic nitrogens is 2. The van der Waals surface area contributed by atoms with Gasteiger partial charge in [-0.15, -0.1) is 0 Å². The van der Waals surface area contributed by atoms with Gasteiger partial charge in [-0.1, -0.05) is 0 Å². The maximum Gasteiger partial charge on any atom is 0.354 e. The summed E-state index contributed by atoms with van der Waals surface area (Å²) < 4.78 is 10.8. The lowest BCUT2D eigenvalue weighted by molar-refractivity contribution is -0.0963. The van der Waals surface area contributed by atoms with E-state index in [0.717, 1.165) is 0 Å². The lowest BCUT2D eigenvalue weighted by Gasteiger charge is -2.27. The number of nitrogens with zero attached hydrogens (tertiary/aromatic N) is 1. The minimum atomic E-state index is -1.15. The number of rotatable bonds is 5. The van der Waals surface area contributed by atoms with Gasteiger partial charge in [0.2, 0.25) is 0 Å². The molecule has 106 valence electrons. The van der Waals surface area contributed by atoms with E-state index in [2.05, 4.69) is 9.97 Å². The minimum Gasteiger partial charge on any atom is -0.477 e. The second-order valence-corrected chi connectivity index (χ2v) is 4.50. The van der Waals surface area contributed by atoms with E-state index >= 15 is 0 Å². The van der Waals surface area contributed by atoms with E-state index in [1.54, 1.807) is 0 Å². The maximum atomic E-state index is 11.1. The third kappa shape index (κ3) is 3.66. The first kappa shape index (κ1) is 13.8. The summed E-state index contributed by atoms with van der Waals surface area (Å²) in [6, 6.07) is 0. The van der Waals surface area contributed by atoms with E-state index in [-0.39, 0.29) is 11.8 Å². The van der Waals surface area contributed by atoms with Crippen molar-refractivity contribution in [2.45, 2.75) is 12.6 Å². The molecule has 1 fully saturated rings. The summed E-state index contributed by atoms with van der Waals surface area (Å²) in [6.45, 7) is 2.63. The Balaban J connectivity index is 1.96. The predicted molar refractivity (Wildman–Crippen MR) is 65.3 cm³/mol. The summed E-state index contributed by atoms with van der Waals surface area (Å²) >= 11 is 0. The average molecular weight is 271 g/mol. The molecule has 2 rings (SSSR count). The molecule has 1 aromatic heterocycles. The van der Waals surface area contributed by atoms with Gasteiger partial charge in [0.1, 0.15) is 5.69 Å². The first-order valence-corrected chi connectivity index (χ1v) is 5.98. The van der Waals surface area contributed by atoms with Crippen LogP contribution in [0, 0.1) is 0 Å². The van der Waals surface area contributed by atoms with Gasteiger partial charge in [-0.3, -0.25) is 9.88 Å². The van der Waals surface area contributed by atoms with Crippen molar-refractivity contribution in [2.24, 2.45) is 0 Å². The molecule has 0 unspecified atom stereocenters. The number of carboxylic acids is 1. The summed E-state index contributed by atoms with van der Waals surface area (Å²) in [6.07, 6.45) is -0.0299. The molecule has 0 amide bonds. The monoisotopic (exact) mass is 271 g/mol. The number of hydrogen-bond acceptors (Lipinski definition) is 5. The highest BCUT2D eigenvalue weighted by molar-refractivity contribution is 5.86. The van der Waals surface area contributed by atoms with E-state index in [1.807, 2.05) is 11.9 Å². The number of ether oxygens (including phenoxy) is 2. The zero-order valence-corrected chi connectivity index (χ0v) is 10.6. The molecule has 0 saturated carbocycles. The van der Waals surface area contributed by atoms with E-state index in [4.69, 9.17) is 14.6 Å². The molecule has 0 bridgehead atoms. The number of carboxylic acid groups (broad SMARTS) is 1. The number of carbonyl (C=O) groups is 1. The van der Waals surface area contributed by atoms with Crippen LogP contribution >= 0.6 is 0 Å². The van der Waals surface area contributed by atoms with E-state index < -0.39 is 11.7 Å². The predicted octanol–water partition coefficient (Wildman–Crippen LogP) is -0.752. The molecule has 1 atom stereocenters. The van der Waals surface area contributed by atoms with Crippen molar-refractivity contribution < 1.29 is 19.4 Å². The van der Waals surface area contributed by atoms with Gasteiger partial charge in [-0.05, 0) is 7.05 Å². The molecule has 8 heteroatoms. The first-order valence-electron chi connectivity index (χ1n) is 5.98. The summed E-state index contributed by atoms with van der Waals surface area (Å²) in [5, 5.41) is 8.96. The zero-order valence-electron chi connectivity index (χ0n) is 10.6. The Kier molecular flexibility index (Phi) is 4.35. The second kappa shape index (κ2) is 6.00. The number of nitrogens with one attached hydrogen (secondary N) is 2. The van der Waals surface area contributed by atoms with Crippen LogP contribution in [0.1, 0.15) is 16.2 Å². The number of aromatic carboxylic acids is 1. The van der Waals surface area contributed by atoms with Gasteiger partial charge in [0, 0.05) is 13.1 Å². The Morgan fingerprint density at radius 1 is 1.47 bits per heavy atom. The number of imidazole rings is 1. The third-order valence-electron chi connectivity index (χ3n) is 2.85. The highest BCUT2D eigenvalue weighted by Gasteiger charge is 2.19. The van der Waals surface area contributed by atoms with E-state index in [1.165, 1.54) is 0 Å². The van der Waals surface area contributed by atoms with Crippen molar-refractivity contribution >= 4 is 5.97 Å². The molecule has 1 aliphatic rings. The van der Waals surface area contributed by atoms with Crippen molar-refractivity contribution in [3.63, 3.8) is 0 Å². The van der Waals surface area contributed by atoms with Gasteiger partial charge in [0.15, 0.2) is 0 Å². The average Bonchev–Trinajstić information content (AvgIpc) is 2.71. The standard InChI is InChI=1S/C11H17N3O5/c1-14(4-7-6-18-2-3-19-7)5-8-9(10(15)16)13-11(17)12-8/h7H,2-6H2,1H3,(H,15,16)(H2,12,13,17)/t7-/m1/s1. The van der Waals surface area contributed by atoms with Crippen LogP contribution in [-0.2, 0) is 16.0 Å². The fourth-order valence-electron chi connectivity index (χ4n) is 2.04. The van der Waals surface area contributed by atoms with Crippen molar-refractivity contribution in [3.05, 3.63) is 21.9 Å². The molecule has 0 spiro atoms. The topological polar surface area (TPSA) is 108 Å². The summed E-state index contributed by atoms with van der Waals surface area (Å²) in [4.78, 5) is 28.7. The van der Waals surface area contributed by atoms with Crippen LogP contribution in [0.2, 0.25) is 0 Å². The summed E-state index contributed by atoms with van der Waals surface area (Å²) in [5.74, 6) is -1.15. The van der Waals surface area contributed by atoms with Crippen molar-refractivity contribution in [1.82, 2.24) is 14.9 Å². The lowest BCUT2D eigenvalue weighted by Crippen LogP contribution is -2.38. The molecular formula is C11H17N3O5. The van der Waals surface area contributed by atoms with E-state index in [0.29, 0.717) is 38.6 Å². The highest BCUT2D eigenvalue weighted by Crippen LogP contribution is 2.07. The number of aromatic amines is 2. The highest BCUT2D eigenvalue weighted by atomic mass is 16.6. The molecule has 8 nitrogen and oxygen atoms in total. The second-order valence-electron chi connectivity index (χ2n) is 4.50. The lowest BCUT2D eigenvalue weighted by atomic mass is 10.2. The Bertz CT molecular complexity index is 489. The summed E-state index contributed by atoms with van der Waals surface area (Å²) in [7, 11) is 1.83. The van der Waals surface area contributed by atoms with Gasteiger partial charge in [-0.2, -0.15) is 0 Å². The van der Waals surface area contributed by atoms with Crippen molar-refractivity contribution in [3.8, 4) is 0 Å². The van der Waals surface area contributed by atoms with Crippen LogP contribution in [-0.4, -0.2) is 65.5 Å². The number of likely N-dealkylation sites (N-methyl/N-ethyl adjacent to an activating group) is 1. The van der Waals surface area contributed by atoms with Gasteiger partial charge in [0.05, 0.1) is 31.6 Å². The van der Waals surface area contributed by atoms with Crippen molar-refractivity contribution in [2.75, 3.05) is 33.4 Å². The number of H-pyrrole nitrogens is 2. The molecular weight excluding hydrogens is 254 g/mol. The SMILES string of the molecule is CN(Cc1[nH]c(=O)[nH]c1C(=O)O)C[C@@H]1COCCO1. The van der Waals surface area contributed by atoms with Crippen LogP contribution in [0.25, 0.3) is 0 Å². The van der Waals surface area contributed by atoms with Crippen LogP contribution in [0.15, 0.2) is 4.79 Å². The van der Waals surface area contributed by atoms with Gasteiger partial charge in [-0.25, -0.2) is 9.59 Å². The first-order chi connectivity index (χ1) is 9.06. The molecule has 0 aliphatic carbocycles. The van der Waals surface area contributed by atoms with E-state index in [9.17, 15) is 9.59 Å². The zero-order chi connectivity index (χ0) is 13.8. The maximum absolute atomic E-state index is 11.1. The largest absolute Gasteiger partial charge is 0.477 e. The smallest absolute Gasteiger partial charge is 0.354 e. The molecule has 0 radical (unpaired) electrons. The fourth-order valence-corrected chi connectivity index (χ4v) is 2.04. The third-order valence-corrected chi connectivity index (χ3v) is 2.85. The molecule has 2 heterocycles. The number of hydrogen-bond donors (Lipinski definition) is 3. The van der Waals surface area contributed by atoms with Crippen LogP contribution in [0.5, 0.6) is 0 Å². The molecule has 1 aromatic rings. The Hall–Kier alpha value is -1.64. The quantitative estimate of drug-likeness (QED) is 0.650. The van der Waals surface area contributed by atoms with Crippen LogP contribution < -0.4 is 5.69 Å². The van der Waals surface area contributed by atoms with Crippen molar-refractivity contribution in [1.29, 1.82) is 0 Å². The van der Waals surface area contributed by atoms with Crippen LogP contribution in [0.3, 0.4) is 0 Å². The normalized spacial score (nSPS) is 19.8. The molecule has 1 aliphatic heterocycles. The summed E-state index contributed by atoms with van der Waals surface area (Å²) in [5.41, 5.74) is -0.257.